The van der Waals surface area contributed by atoms with E-state index in [-0.39, 0.29) is 24.6 Å². The Morgan fingerprint density at radius 3 is 2.33 bits per heavy atom. The number of anilines is 2. The van der Waals surface area contributed by atoms with Crippen LogP contribution in [0.3, 0.4) is 0 Å². The van der Waals surface area contributed by atoms with E-state index in [4.69, 9.17) is 17.0 Å². The second-order valence-corrected chi connectivity index (χ2v) is 9.77. The molecular formula is C32H27N5O2S. The van der Waals surface area contributed by atoms with Gasteiger partial charge < -0.3 is 24.8 Å². The molecule has 2 atom stereocenters. The lowest BCUT2D eigenvalue weighted by Crippen LogP contribution is -2.29. The molecule has 2 aromatic heterocycles. The van der Waals surface area contributed by atoms with Crippen molar-refractivity contribution in [3.05, 3.63) is 139 Å². The molecule has 2 N–H and O–H groups in total. The van der Waals surface area contributed by atoms with Gasteiger partial charge in [-0.05, 0) is 84.5 Å². The largest absolute Gasteiger partial charge is 0.484 e. The molecule has 0 radical (unpaired) electrons. The summed E-state index contributed by atoms with van der Waals surface area (Å²) in [4.78, 5) is 19.2. The maximum Gasteiger partial charge on any atom is 0.262 e. The van der Waals surface area contributed by atoms with Crippen molar-refractivity contribution >= 4 is 34.6 Å². The molecule has 0 saturated carbocycles. The number of hydrogen-bond acceptors (Lipinski definition) is 4. The van der Waals surface area contributed by atoms with Crippen LogP contribution in [0.4, 0.5) is 11.4 Å². The molecule has 1 aliphatic rings. The maximum atomic E-state index is 12.4. The lowest BCUT2D eigenvalue weighted by molar-refractivity contribution is -0.118. The van der Waals surface area contributed by atoms with Crippen LogP contribution in [0.1, 0.15) is 23.3 Å². The Kier molecular flexibility index (Phi) is 7.24. The van der Waals surface area contributed by atoms with Gasteiger partial charge in [0.2, 0.25) is 0 Å². The van der Waals surface area contributed by atoms with E-state index in [1.165, 1.54) is 0 Å². The number of aromatic nitrogens is 2. The highest BCUT2D eigenvalue weighted by molar-refractivity contribution is 7.80. The Morgan fingerprint density at radius 2 is 1.60 bits per heavy atom. The number of ether oxygens (including phenoxy) is 1. The highest BCUT2D eigenvalue weighted by Gasteiger charge is 2.41. The van der Waals surface area contributed by atoms with E-state index in [1.54, 1.807) is 6.20 Å². The summed E-state index contributed by atoms with van der Waals surface area (Å²) in [7, 11) is 0. The number of amides is 1. The first-order chi connectivity index (χ1) is 19.7. The number of para-hydroxylation sites is 2. The summed E-state index contributed by atoms with van der Waals surface area (Å²) in [6.07, 6.45) is 6.00. The van der Waals surface area contributed by atoms with Crippen molar-refractivity contribution in [2.75, 3.05) is 16.8 Å². The van der Waals surface area contributed by atoms with Crippen molar-refractivity contribution in [3.8, 4) is 11.4 Å². The van der Waals surface area contributed by atoms with Crippen LogP contribution in [-0.4, -0.2) is 27.2 Å². The van der Waals surface area contributed by atoms with Gasteiger partial charge in [-0.3, -0.25) is 9.78 Å². The van der Waals surface area contributed by atoms with Crippen LogP contribution in [-0.2, 0) is 4.79 Å². The smallest absolute Gasteiger partial charge is 0.262 e. The molecule has 1 amide bonds. The Bertz CT molecular complexity index is 1590. The number of hydrogen-bond donors (Lipinski definition) is 2. The van der Waals surface area contributed by atoms with Gasteiger partial charge in [-0.15, -0.1) is 0 Å². The molecular weight excluding hydrogens is 518 g/mol. The van der Waals surface area contributed by atoms with E-state index in [1.807, 2.05) is 91.0 Å². The molecule has 0 aliphatic carbocycles. The van der Waals surface area contributed by atoms with Crippen LogP contribution in [0, 0.1) is 0 Å². The van der Waals surface area contributed by atoms with Crippen LogP contribution in [0.15, 0.2) is 128 Å². The van der Waals surface area contributed by atoms with E-state index < -0.39 is 0 Å². The molecule has 1 fully saturated rings. The first-order valence-corrected chi connectivity index (χ1v) is 13.4. The number of rotatable bonds is 8. The van der Waals surface area contributed by atoms with Gasteiger partial charge in [0.1, 0.15) is 5.75 Å². The number of nitrogens with zero attached hydrogens (tertiary/aromatic N) is 3. The minimum Gasteiger partial charge on any atom is -0.484 e. The molecule has 8 heteroatoms. The molecule has 40 heavy (non-hydrogen) atoms. The van der Waals surface area contributed by atoms with Gasteiger partial charge in [0, 0.05) is 35.7 Å². The third kappa shape index (κ3) is 5.43. The topological polar surface area (TPSA) is 71.4 Å². The molecule has 2 unspecified atom stereocenters. The van der Waals surface area contributed by atoms with Crippen LogP contribution in [0.25, 0.3) is 5.69 Å². The summed E-state index contributed by atoms with van der Waals surface area (Å²) >= 11 is 5.85. The number of pyridine rings is 1. The van der Waals surface area contributed by atoms with Crippen LogP contribution in [0.2, 0.25) is 0 Å². The Morgan fingerprint density at radius 1 is 0.875 bits per heavy atom. The van der Waals surface area contributed by atoms with E-state index in [9.17, 15) is 4.79 Å². The molecule has 5 aromatic rings. The van der Waals surface area contributed by atoms with Crippen molar-refractivity contribution in [3.63, 3.8) is 0 Å². The van der Waals surface area contributed by atoms with Gasteiger partial charge >= 0.3 is 0 Å². The van der Waals surface area contributed by atoms with Crippen molar-refractivity contribution in [1.29, 1.82) is 0 Å². The Labute approximate surface area is 238 Å². The summed E-state index contributed by atoms with van der Waals surface area (Å²) in [6.45, 7) is -0.0713. The monoisotopic (exact) mass is 545 g/mol. The zero-order chi connectivity index (χ0) is 27.3. The minimum atomic E-state index is -0.231. The number of carbonyl (C=O) groups is 1. The fraction of sp³-hybridized carbons (Fsp3) is 0.0938. The molecule has 198 valence electrons. The molecule has 0 spiro atoms. The van der Waals surface area contributed by atoms with Crippen LogP contribution >= 0.6 is 12.2 Å². The lowest BCUT2D eigenvalue weighted by atomic mass is 9.98. The molecule has 0 bridgehead atoms. The molecule has 3 heterocycles. The normalized spacial score (nSPS) is 16.4. The predicted molar refractivity (Wildman–Crippen MR) is 161 cm³/mol. The van der Waals surface area contributed by atoms with Crippen LogP contribution in [0.5, 0.6) is 5.75 Å². The van der Waals surface area contributed by atoms with Gasteiger partial charge in [0.25, 0.3) is 5.91 Å². The van der Waals surface area contributed by atoms with Gasteiger partial charge in [0.05, 0.1) is 17.8 Å². The molecule has 1 saturated heterocycles. The van der Waals surface area contributed by atoms with Gasteiger partial charge in [0.15, 0.2) is 11.7 Å². The van der Waals surface area contributed by atoms with Crippen molar-refractivity contribution in [1.82, 2.24) is 14.9 Å². The van der Waals surface area contributed by atoms with Crippen molar-refractivity contribution in [2.45, 2.75) is 12.1 Å². The standard InChI is InChI=1S/C32H27N5O2S/c38-29(22-39-27-11-5-2-6-12-27)34-24-14-16-26(17-15-24)37-31(30(35-32(37)40)28-13-7-8-19-33-28)23-18-20-36(21-23)25-9-3-1-4-10-25/h1-21,30-31H,22H2,(H,34,38)(H,35,40). The highest BCUT2D eigenvalue weighted by atomic mass is 32.1. The summed E-state index contributed by atoms with van der Waals surface area (Å²) in [5.41, 5.74) is 4.68. The first-order valence-electron chi connectivity index (χ1n) is 13.0. The molecule has 7 nitrogen and oxygen atoms in total. The number of carbonyl (C=O) groups excluding carboxylic acids is 1. The lowest BCUT2D eigenvalue weighted by Gasteiger charge is -2.27. The highest BCUT2D eigenvalue weighted by Crippen LogP contribution is 2.42. The average Bonchev–Trinajstić information content (AvgIpc) is 3.63. The van der Waals surface area contributed by atoms with Gasteiger partial charge in [-0.2, -0.15) is 0 Å². The van der Waals surface area contributed by atoms with Gasteiger partial charge in [-0.1, -0.05) is 42.5 Å². The summed E-state index contributed by atoms with van der Waals surface area (Å²) < 4.78 is 7.67. The quantitative estimate of drug-likeness (QED) is 0.231. The van der Waals surface area contributed by atoms with E-state index in [0.717, 1.165) is 22.6 Å². The van der Waals surface area contributed by atoms with Crippen molar-refractivity contribution in [2.24, 2.45) is 0 Å². The zero-order valence-corrected chi connectivity index (χ0v) is 22.4. The summed E-state index contributed by atoms with van der Waals surface area (Å²) in [6, 6.07) is 34.9. The third-order valence-electron chi connectivity index (χ3n) is 6.75. The SMILES string of the molecule is O=C(COc1ccccc1)Nc1ccc(N2C(=S)NC(c3ccccn3)C2c2ccn(-c3ccccc3)c2)cc1. The van der Waals surface area contributed by atoms with Crippen LogP contribution < -0.4 is 20.3 Å². The first kappa shape index (κ1) is 25.3. The van der Waals surface area contributed by atoms with Crippen molar-refractivity contribution < 1.29 is 9.53 Å². The molecule has 1 aliphatic heterocycles. The second-order valence-electron chi connectivity index (χ2n) is 9.38. The summed E-state index contributed by atoms with van der Waals surface area (Å²) in [5, 5.41) is 7.00. The molecule has 3 aromatic carbocycles. The van der Waals surface area contributed by atoms with Gasteiger partial charge in [-0.25, -0.2) is 0 Å². The number of nitrogens with one attached hydrogen (secondary N) is 2. The summed E-state index contributed by atoms with van der Waals surface area (Å²) in [5.74, 6) is 0.419. The van der Waals surface area contributed by atoms with E-state index in [2.05, 4.69) is 55.7 Å². The second kappa shape index (κ2) is 11.4. The van der Waals surface area contributed by atoms with E-state index in [0.29, 0.717) is 16.5 Å². The Hall–Kier alpha value is -4.95. The number of benzene rings is 3. The Balaban J connectivity index is 1.24. The fourth-order valence-electron chi connectivity index (χ4n) is 4.89. The predicted octanol–water partition coefficient (Wildman–Crippen LogP) is 6.07. The third-order valence-corrected chi connectivity index (χ3v) is 7.07. The zero-order valence-electron chi connectivity index (χ0n) is 21.6. The maximum absolute atomic E-state index is 12.4. The fourth-order valence-corrected chi connectivity index (χ4v) is 5.23. The molecule has 6 rings (SSSR count). The average molecular weight is 546 g/mol. The number of thiocarbonyl (C=S) groups is 1. The minimum absolute atomic E-state index is 0.0713. The van der Waals surface area contributed by atoms with E-state index >= 15 is 0 Å².